The Labute approximate surface area is 125 Å². The third-order valence-corrected chi connectivity index (χ3v) is 1.82. The van der Waals surface area contributed by atoms with E-state index in [4.69, 9.17) is 0 Å². The maximum atomic E-state index is 13.3. The number of rotatable bonds is 3. The summed E-state index contributed by atoms with van der Waals surface area (Å²) in [4.78, 5) is 10.4. The van der Waals surface area contributed by atoms with E-state index in [1.165, 1.54) is 12.1 Å². The van der Waals surface area contributed by atoms with Crippen molar-refractivity contribution < 1.29 is 65.7 Å². The van der Waals surface area contributed by atoms with E-state index in [2.05, 4.69) is 0 Å². The van der Waals surface area contributed by atoms with Gasteiger partial charge in [-0.2, -0.15) is 0 Å². The summed E-state index contributed by atoms with van der Waals surface area (Å²) in [7, 11) is 0. The number of aromatic carboxylic acids is 1. The number of hydrogen-bond acceptors (Lipinski definition) is 2. The molecule has 0 atom stereocenters. The Morgan fingerprint density at radius 3 is 2.64 bits per heavy atom. The van der Waals surface area contributed by atoms with Crippen LogP contribution in [0, 0.1) is 5.82 Å². The van der Waals surface area contributed by atoms with Gasteiger partial charge in [-0.3, -0.25) is 0 Å². The molecule has 0 N–H and O–H groups in total. The van der Waals surface area contributed by atoms with E-state index in [9.17, 15) is 14.3 Å². The molecule has 0 spiro atoms. The van der Waals surface area contributed by atoms with Crippen LogP contribution in [-0.2, 0) is 6.42 Å². The van der Waals surface area contributed by atoms with Gasteiger partial charge >= 0.3 is 51.4 Å². The largest absolute Gasteiger partial charge is 1.00 e. The molecule has 1 aromatic carbocycles. The van der Waals surface area contributed by atoms with Crippen molar-refractivity contribution in [3.05, 3.63) is 35.1 Å². The minimum atomic E-state index is -1.46. The van der Waals surface area contributed by atoms with Crippen molar-refractivity contribution in [1.82, 2.24) is 0 Å². The summed E-state index contributed by atoms with van der Waals surface area (Å²) in [5.74, 6) is -2.13. The van der Waals surface area contributed by atoms with E-state index in [1.54, 1.807) is 6.07 Å². The fourth-order valence-corrected chi connectivity index (χ4v) is 1.20. The van der Waals surface area contributed by atoms with Gasteiger partial charge in [0.25, 0.3) is 0 Å². The molecule has 0 unspecified atom stereocenters. The smallest absolute Gasteiger partial charge is 0.545 e. The fourth-order valence-electron chi connectivity index (χ4n) is 1.20. The molecule has 0 saturated carbocycles. The molecule has 0 saturated heterocycles. The number of carbonyl (C=O) groups is 1. The van der Waals surface area contributed by atoms with Crippen molar-refractivity contribution in [2.75, 3.05) is 0 Å². The molecule has 0 fully saturated rings. The minimum Gasteiger partial charge on any atom is -0.545 e. The van der Waals surface area contributed by atoms with Crippen LogP contribution < -0.4 is 56.5 Å². The molecule has 0 bridgehead atoms. The van der Waals surface area contributed by atoms with E-state index in [0.29, 0.717) is 12.0 Å². The van der Waals surface area contributed by atoms with E-state index < -0.39 is 11.8 Å². The molecular weight excluding hydrogens is 210 g/mol. The fraction of sp³-hybridized carbons (Fsp3) is 0.300. The maximum absolute atomic E-state index is 13.3. The zero-order chi connectivity index (χ0) is 9.84. The third kappa shape index (κ3) is 3.44. The van der Waals surface area contributed by atoms with Crippen LogP contribution in [-0.4, -0.2) is 5.97 Å². The summed E-state index contributed by atoms with van der Waals surface area (Å²) in [6.45, 7) is 1.91. The van der Waals surface area contributed by atoms with Gasteiger partial charge in [0.2, 0.25) is 0 Å². The molecule has 0 aromatic heterocycles. The third-order valence-electron chi connectivity index (χ3n) is 1.82. The van der Waals surface area contributed by atoms with E-state index in [-0.39, 0.29) is 56.9 Å². The van der Waals surface area contributed by atoms with Crippen molar-refractivity contribution in [3.63, 3.8) is 0 Å². The SMILES string of the molecule is CCCc1cccc(C(=O)[O-])c1F.[K+]. The first kappa shape index (κ1) is 14.3. The van der Waals surface area contributed by atoms with Crippen molar-refractivity contribution in [1.29, 1.82) is 0 Å². The van der Waals surface area contributed by atoms with Crippen LogP contribution in [0.5, 0.6) is 0 Å². The molecule has 70 valence electrons. The summed E-state index contributed by atoms with van der Waals surface area (Å²) in [6.07, 6.45) is 1.33. The maximum Gasteiger partial charge on any atom is 1.00 e. The van der Waals surface area contributed by atoms with Gasteiger partial charge in [0.05, 0.1) is 5.97 Å². The van der Waals surface area contributed by atoms with Crippen molar-refractivity contribution in [2.24, 2.45) is 0 Å². The van der Waals surface area contributed by atoms with Gasteiger partial charge < -0.3 is 9.90 Å². The number of hydrogen-bond donors (Lipinski definition) is 0. The molecule has 4 heteroatoms. The first-order valence-corrected chi connectivity index (χ1v) is 4.15. The average Bonchev–Trinajstić information content (AvgIpc) is 2.08. The molecule has 0 aliphatic heterocycles. The van der Waals surface area contributed by atoms with Crippen LogP contribution in [0.3, 0.4) is 0 Å². The second-order valence-corrected chi connectivity index (χ2v) is 2.82. The monoisotopic (exact) mass is 220 g/mol. The van der Waals surface area contributed by atoms with E-state index in [0.717, 1.165) is 6.42 Å². The van der Waals surface area contributed by atoms with Crippen LogP contribution in [0.4, 0.5) is 4.39 Å². The van der Waals surface area contributed by atoms with Crippen LogP contribution in [0.25, 0.3) is 0 Å². The average molecular weight is 220 g/mol. The van der Waals surface area contributed by atoms with Gasteiger partial charge in [0, 0.05) is 5.56 Å². The zero-order valence-electron chi connectivity index (χ0n) is 8.34. The Hall–Kier alpha value is 0.256. The van der Waals surface area contributed by atoms with E-state index >= 15 is 0 Å². The van der Waals surface area contributed by atoms with Gasteiger partial charge in [-0.1, -0.05) is 31.5 Å². The van der Waals surface area contributed by atoms with E-state index in [1.807, 2.05) is 6.92 Å². The molecule has 2 nitrogen and oxygen atoms in total. The van der Waals surface area contributed by atoms with Gasteiger partial charge in [-0.05, 0) is 12.0 Å². The second-order valence-electron chi connectivity index (χ2n) is 2.82. The summed E-state index contributed by atoms with van der Waals surface area (Å²) in [5.41, 5.74) is 0.0788. The zero-order valence-corrected chi connectivity index (χ0v) is 11.5. The molecule has 1 rings (SSSR count). The number of carboxylic acid groups (broad SMARTS) is 1. The molecule has 0 amide bonds. The molecule has 0 radical (unpaired) electrons. The number of halogens is 1. The minimum absolute atomic E-state index is 0. The molecule has 0 aliphatic rings. The first-order valence-electron chi connectivity index (χ1n) is 4.15. The molecule has 14 heavy (non-hydrogen) atoms. The summed E-state index contributed by atoms with van der Waals surface area (Å²) < 4.78 is 13.3. The van der Waals surface area contributed by atoms with Gasteiger partial charge in [-0.15, -0.1) is 0 Å². The predicted molar refractivity (Wildman–Crippen MR) is 44.7 cm³/mol. The van der Waals surface area contributed by atoms with Crippen molar-refractivity contribution in [3.8, 4) is 0 Å². The van der Waals surface area contributed by atoms with Crippen LogP contribution in [0.1, 0.15) is 29.3 Å². The Morgan fingerprint density at radius 2 is 2.14 bits per heavy atom. The summed E-state index contributed by atoms with van der Waals surface area (Å²) >= 11 is 0. The topological polar surface area (TPSA) is 40.1 Å². The summed E-state index contributed by atoms with van der Waals surface area (Å²) in [6, 6.07) is 4.33. The number of carbonyl (C=O) groups excluding carboxylic acids is 1. The molecule has 0 aliphatic carbocycles. The predicted octanol–water partition coefficient (Wildman–Crippen LogP) is -1.85. The normalized spacial score (nSPS) is 9.29. The van der Waals surface area contributed by atoms with Crippen LogP contribution in [0.15, 0.2) is 18.2 Å². The van der Waals surface area contributed by atoms with Crippen molar-refractivity contribution in [2.45, 2.75) is 19.8 Å². The number of benzene rings is 1. The Bertz CT molecular complexity index is 326. The van der Waals surface area contributed by atoms with Gasteiger partial charge in [0.15, 0.2) is 0 Å². The Balaban J connectivity index is 0.00000169. The van der Waals surface area contributed by atoms with Gasteiger partial charge in [-0.25, -0.2) is 4.39 Å². The standard InChI is InChI=1S/C10H11FO2.K/c1-2-4-7-5-3-6-8(9(7)11)10(12)13;/h3,5-6H,2,4H2,1H3,(H,12,13);/q;+1/p-1. The summed E-state index contributed by atoms with van der Waals surface area (Å²) in [5, 5.41) is 10.4. The number of aryl methyl sites for hydroxylation is 1. The molecule has 0 heterocycles. The number of carboxylic acids is 1. The first-order chi connectivity index (χ1) is 6.16. The van der Waals surface area contributed by atoms with Crippen LogP contribution >= 0.6 is 0 Å². The Kier molecular flexibility index (Phi) is 6.81. The molecule has 1 aromatic rings. The Morgan fingerprint density at radius 1 is 1.50 bits per heavy atom. The van der Waals surface area contributed by atoms with Gasteiger partial charge in [0.1, 0.15) is 5.82 Å². The molecular formula is C10H10FKO2. The quantitative estimate of drug-likeness (QED) is 0.561. The second kappa shape index (κ2) is 6.69. The van der Waals surface area contributed by atoms with Crippen LogP contribution in [0.2, 0.25) is 0 Å². The van der Waals surface area contributed by atoms with Crippen molar-refractivity contribution >= 4 is 5.97 Å².